The molecular weight excluding hydrogens is 457 g/mol. The highest BCUT2D eigenvalue weighted by atomic mass is 32.2. The molecule has 0 aliphatic carbocycles. The summed E-state index contributed by atoms with van der Waals surface area (Å²) >= 11 is 0. The Morgan fingerprint density at radius 3 is 2.29 bits per heavy atom. The number of benzene rings is 3. The first kappa shape index (κ1) is 23.6. The van der Waals surface area contributed by atoms with Crippen LogP contribution in [-0.2, 0) is 10.0 Å². The van der Waals surface area contributed by atoms with Crippen molar-refractivity contribution in [1.82, 2.24) is 15.2 Å². The van der Waals surface area contributed by atoms with Crippen LogP contribution in [0.4, 0.5) is 4.39 Å². The number of sulfonamides is 1. The Hall–Kier alpha value is -3.56. The summed E-state index contributed by atoms with van der Waals surface area (Å²) in [5, 5.41) is -0.900. The number of nitrogens with one attached hydrogen (secondary N) is 2. The highest BCUT2D eigenvalue weighted by molar-refractivity contribution is 7.90. The van der Waals surface area contributed by atoms with Gasteiger partial charge in [0.05, 0.1) is 10.8 Å². The average Bonchev–Trinajstić information content (AvgIpc) is 3.36. The summed E-state index contributed by atoms with van der Waals surface area (Å²) in [6, 6.07) is 20.8. The minimum Gasteiger partial charge on any atom is -0.337 e. The van der Waals surface area contributed by atoms with Crippen molar-refractivity contribution in [3.05, 3.63) is 95.3 Å². The Kier molecular flexibility index (Phi) is 6.76. The molecule has 0 bridgehead atoms. The Bertz CT molecular complexity index is 1310. The average molecular weight is 482 g/mol. The monoisotopic (exact) mass is 481 g/mol. The number of rotatable bonds is 6. The second-order valence-corrected chi connectivity index (χ2v) is 10.1. The summed E-state index contributed by atoms with van der Waals surface area (Å²) in [5.74, 6) is -1.88. The zero-order valence-electron chi connectivity index (χ0n) is 18.5. The molecule has 1 heterocycles. The van der Waals surface area contributed by atoms with E-state index in [2.05, 4.69) is 10.3 Å². The maximum atomic E-state index is 14.7. The molecular formula is C25H24FN3O4S. The van der Waals surface area contributed by atoms with Gasteiger partial charge in [-0.3, -0.25) is 15.0 Å². The molecule has 1 saturated heterocycles. The van der Waals surface area contributed by atoms with Crippen LogP contribution >= 0.6 is 0 Å². The standard InChI is InChI=1S/C25H24FN3O4S/c1-17-14-20(18-8-4-2-5-9-18)15-22(23(17)26)24(30)27-28-34(32,33)21-12-13-29(16-21)25(31)19-10-6-3-7-11-19/h2-11,14-15,21,28H,12-13,16H2,1H3,(H,27,30). The van der Waals surface area contributed by atoms with Crippen molar-refractivity contribution in [2.45, 2.75) is 18.6 Å². The number of nitrogens with zero attached hydrogens (tertiary/aromatic N) is 1. The molecule has 1 atom stereocenters. The quantitative estimate of drug-likeness (QED) is 0.528. The van der Waals surface area contributed by atoms with Crippen LogP contribution in [0.5, 0.6) is 0 Å². The highest BCUT2D eigenvalue weighted by Gasteiger charge is 2.36. The molecule has 0 radical (unpaired) electrons. The molecule has 2 N–H and O–H groups in total. The fourth-order valence-corrected chi connectivity index (χ4v) is 5.12. The summed E-state index contributed by atoms with van der Waals surface area (Å²) in [4.78, 5) is 28.8. The third-order valence-corrected chi connectivity index (χ3v) is 7.45. The van der Waals surface area contributed by atoms with Gasteiger partial charge in [0.15, 0.2) is 0 Å². The molecule has 1 aliphatic heterocycles. The van der Waals surface area contributed by atoms with Crippen molar-refractivity contribution in [1.29, 1.82) is 0 Å². The van der Waals surface area contributed by atoms with Crippen LogP contribution in [0.3, 0.4) is 0 Å². The van der Waals surface area contributed by atoms with E-state index < -0.39 is 27.0 Å². The van der Waals surface area contributed by atoms with Crippen LogP contribution in [-0.4, -0.2) is 43.5 Å². The molecule has 0 saturated carbocycles. The van der Waals surface area contributed by atoms with Gasteiger partial charge in [0.25, 0.3) is 11.8 Å². The molecule has 0 spiro atoms. The lowest BCUT2D eigenvalue weighted by Crippen LogP contribution is -2.47. The predicted octanol–water partition coefficient (Wildman–Crippen LogP) is 3.28. The number of carbonyl (C=O) groups excluding carboxylic acids is 2. The van der Waals surface area contributed by atoms with Gasteiger partial charge in [-0.2, -0.15) is 0 Å². The molecule has 1 aliphatic rings. The smallest absolute Gasteiger partial charge is 0.269 e. The SMILES string of the molecule is Cc1cc(-c2ccccc2)cc(C(=O)NNS(=O)(=O)C2CCN(C(=O)c3ccccc3)C2)c1F. The van der Waals surface area contributed by atoms with E-state index in [0.29, 0.717) is 11.1 Å². The Morgan fingerprint density at radius 1 is 0.971 bits per heavy atom. The molecule has 2 amide bonds. The van der Waals surface area contributed by atoms with Crippen molar-refractivity contribution >= 4 is 21.8 Å². The van der Waals surface area contributed by atoms with Crippen molar-refractivity contribution < 1.29 is 22.4 Å². The molecule has 4 rings (SSSR count). The fourth-order valence-electron chi connectivity index (χ4n) is 3.93. The maximum absolute atomic E-state index is 14.7. The minimum absolute atomic E-state index is 0.00407. The molecule has 176 valence electrons. The first-order chi connectivity index (χ1) is 16.3. The van der Waals surface area contributed by atoms with E-state index in [9.17, 15) is 22.4 Å². The van der Waals surface area contributed by atoms with E-state index in [1.807, 2.05) is 30.3 Å². The number of halogens is 1. The lowest BCUT2D eigenvalue weighted by atomic mass is 9.99. The summed E-state index contributed by atoms with van der Waals surface area (Å²) in [5.41, 5.74) is 4.03. The second-order valence-electron chi connectivity index (χ2n) is 8.15. The third kappa shape index (κ3) is 5.00. The summed E-state index contributed by atoms with van der Waals surface area (Å²) in [7, 11) is -4.00. The van der Waals surface area contributed by atoms with Crippen LogP contribution < -0.4 is 10.3 Å². The second kappa shape index (κ2) is 9.74. The Balaban J connectivity index is 1.44. The van der Waals surface area contributed by atoms with Crippen molar-refractivity contribution in [2.24, 2.45) is 0 Å². The van der Waals surface area contributed by atoms with E-state index in [1.54, 1.807) is 43.3 Å². The lowest BCUT2D eigenvalue weighted by molar-refractivity contribution is 0.0792. The number of hydrazine groups is 1. The molecule has 9 heteroatoms. The van der Waals surface area contributed by atoms with Crippen LogP contribution in [0.15, 0.2) is 72.8 Å². The first-order valence-corrected chi connectivity index (χ1v) is 12.3. The maximum Gasteiger partial charge on any atom is 0.269 e. The Labute approximate surface area is 197 Å². The Morgan fingerprint density at radius 2 is 1.62 bits per heavy atom. The summed E-state index contributed by atoms with van der Waals surface area (Å²) in [6.07, 6.45) is 0.223. The van der Waals surface area contributed by atoms with Gasteiger partial charge in [-0.05, 0) is 54.3 Å². The summed E-state index contributed by atoms with van der Waals surface area (Å²) < 4.78 is 40.2. The molecule has 3 aromatic carbocycles. The van der Waals surface area contributed by atoms with Crippen LogP contribution in [0.1, 0.15) is 32.7 Å². The highest BCUT2D eigenvalue weighted by Crippen LogP contribution is 2.25. The number of amides is 2. The number of hydrogen-bond acceptors (Lipinski definition) is 4. The topological polar surface area (TPSA) is 95.6 Å². The van der Waals surface area contributed by atoms with Crippen LogP contribution in [0.25, 0.3) is 11.1 Å². The molecule has 0 aromatic heterocycles. The van der Waals surface area contributed by atoms with E-state index in [4.69, 9.17) is 0 Å². The molecule has 34 heavy (non-hydrogen) atoms. The van der Waals surface area contributed by atoms with Gasteiger partial charge in [0, 0.05) is 18.7 Å². The van der Waals surface area contributed by atoms with Gasteiger partial charge in [-0.15, -0.1) is 4.83 Å². The predicted molar refractivity (Wildman–Crippen MR) is 127 cm³/mol. The van der Waals surface area contributed by atoms with Crippen LogP contribution in [0, 0.1) is 12.7 Å². The molecule has 3 aromatic rings. The number of likely N-dealkylation sites (tertiary alicyclic amines) is 1. The lowest BCUT2D eigenvalue weighted by Gasteiger charge is -2.17. The minimum atomic E-state index is -4.00. The van der Waals surface area contributed by atoms with E-state index >= 15 is 0 Å². The normalized spacial score (nSPS) is 15.8. The largest absolute Gasteiger partial charge is 0.337 e. The zero-order chi connectivity index (χ0) is 24.3. The number of hydrogen-bond donors (Lipinski definition) is 2. The van der Waals surface area contributed by atoms with Crippen molar-refractivity contribution in [3.8, 4) is 11.1 Å². The number of carbonyl (C=O) groups is 2. The summed E-state index contributed by atoms with van der Waals surface area (Å²) in [6.45, 7) is 1.82. The van der Waals surface area contributed by atoms with Crippen LogP contribution in [0.2, 0.25) is 0 Å². The van der Waals surface area contributed by atoms with Gasteiger partial charge in [0.2, 0.25) is 10.0 Å². The van der Waals surface area contributed by atoms with Gasteiger partial charge in [-0.1, -0.05) is 48.5 Å². The molecule has 1 fully saturated rings. The van der Waals surface area contributed by atoms with E-state index in [1.165, 1.54) is 11.0 Å². The third-order valence-electron chi connectivity index (χ3n) is 5.80. The first-order valence-electron chi connectivity index (χ1n) is 10.8. The van der Waals surface area contributed by atoms with Gasteiger partial charge in [0.1, 0.15) is 5.82 Å². The van der Waals surface area contributed by atoms with E-state index in [-0.39, 0.29) is 36.5 Å². The van der Waals surface area contributed by atoms with Gasteiger partial charge in [-0.25, -0.2) is 12.8 Å². The zero-order valence-corrected chi connectivity index (χ0v) is 19.3. The van der Waals surface area contributed by atoms with Crippen molar-refractivity contribution in [2.75, 3.05) is 13.1 Å². The molecule has 7 nitrogen and oxygen atoms in total. The van der Waals surface area contributed by atoms with Gasteiger partial charge >= 0.3 is 0 Å². The number of aryl methyl sites for hydroxylation is 1. The van der Waals surface area contributed by atoms with E-state index in [0.717, 1.165) is 5.56 Å². The van der Waals surface area contributed by atoms with Gasteiger partial charge < -0.3 is 4.90 Å². The van der Waals surface area contributed by atoms with Crippen molar-refractivity contribution in [3.63, 3.8) is 0 Å². The fraction of sp³-hybridized carbons (Fsp3) is 0.200. The molecule has 1 unspecified atom stereocenters.